The summed E-state index contributed by atoms with van der Waals surface area (Å²) >= 11 is 1.66. The highest BCUT2D eigenvalue weighted by Gasteiger charge is 2.18. The summed E-state index contributed by atoms with van der Waals surface area (Å²) < 4.78 is 6.42. The summed E-state index contributed by atoms with van der Waals surface area (Å²) in [6.07, 6.45) is 2.98. The summed E-state index contributed by atoms with van der Waals surface area (Å²) in [6, 6.07) is 5.80. The topological polar surface area (TPSA) is 103 Å². The molecule has 33 heavy (non-hydrogen) atoms. The summed E-state index contributed by atoms with van der Waals surface area (Å²) in [6.45, 7) is 6.59. The largest absolute Gasteiger partial charge is 0.378 e. The average molecular weight is 469 g/mol. The molecule has 10 heteroatoms. The fourth-order valence-electron chi connectivity index (χ4n) is 4.31. The van der Waals surface area contributed by atoms with Crippen LogP contribution < -0.4 is 20.7 Å². The minimum Gasteiger partial charge on any atom is -0.378 e. The van der Waals surface area contributed by atoms with Crippen LogP contribution in [0.15, 0.2) is 23.0 Å². The Hall–Kier alpha value is -2.98. The molecule has 2 aromatic heterocycles. The van der Waals surface area contributed by atoms with Crippen LogP contribution >= 0.6 is 11.3 Å². The fraction of sp³-hybridized carbons (Fsp3) is 0.478. The van der Waals surface area contributed by atoms with E-state index in [1.54, 1.807) is 11.3 Å². The molecule has 0 aliphatic carbocycles. The molecule has 5 rings (SSSR count). The third-order valence-corrected chi connectivity index (χ3v) is 7.24. The van der Waals surface area contributed by atoms with Crippen molar-refractivity contribution >= 4 is 44.2 Å². The van der Waals surface area contributed by atoms with Gasteiger partial charge in [-0.3, -0.25) is 14.6 Å². The molecular weight excluding hydrogens is 440 g/mol. The van der Waals surface area contributed by atoms with Gasteiger partial charge in [0.05, 0.1) is 23.4 Å². The Morgan fingerprint density at radius 2 is 1.94 bits per heavy atom. The van der Waals surface area contributed by atoms with Gasteiger partial charge < -0.3 is 19.9 Å². The summed E-state index contributed by atoms with van der Waals surface area (Å²) in [4.78, 5) is 41.7. The second-order valence-corrected chi connectivity index (χ2v) is 9.48. The van der Waals surface area contributed by atoms with Gasteiger partial charge in [0.25, 0.3) is 5.56 Å². The van der Waals surface area contributed by atoms with Crippen LogP contribution in [0.5, 0.6) is 0 Å². The minimum atomic E-state index is -0.183. The van der Waals surface area contributed by atoms with E-state index in [-0.39, 0.29) is 17.9 Å². The second-order valence-electron chi connectivity index (χ2n) is 8.47. The fourth-order valence-corrected chi connectivity index (χ4v) is 5.37. The number of ether oxygens (including phenoxy) is 1. The average Bonchev–Trinajstić information content (AvgIpc) is 3.48. The van der Waals surface area contributed by atoms with E-state index in [2.05, 4.69) is 20.2 Å². The normalized spacial score (nSPS) is 16.5. The monoisotopic (exact) mass is 468 g/mol. The SMILES string of the molecule is Cc1nc(N2CCOCC2)[nH]c(=O)c1CCC(=O)Nc1ccc2nc(N3CCCC3)sc2c1. The lowest BCUT2D eigenvalue weighted by molar-refractivity contribution is -0.116. The highest BCUT2D eigenvalue weighted by atomic mass is 32.1. The van der Waals surface area contributed by atoms with Gasteiger partial charge in [-0.05, 0) is 44.4 Å². The lowest BCUT2D eigenvalue weighted by atomic mass is 10.1. The van der Waals surface area contributed by atoms with Crippen LogP contribution in [0.4, 0.5) is 16.8 Å². The van der Waals surface area contributed by atoms with Crippen molar-refractivity contribution in [1.82, 2.24) is 15.0 Å². The predicted molar refractivity (Wildman–Crippen MR) is 131 cm³/mol. The van der Waals surface area contributed by atoms with Crippen molar-refractivity contribution in [2.45, 2.75) is 32.6 Å². The number of thiazole rings is 1. The second kappa shape index (κ2) is 9.48. The van der Waals surface area contributed by atoms with Crippen LogP contribution in [0, 0.1) is 6.92 Å². The number of amides is 1. The molecule has 0 unspecified atom stereocenters. The van der Waals surface area contributed by atoms with Crippen molar-refractivity contribution in [3.05, 3.63) is 39.8 Å². The Bertz CT molecular complexity index is 1210. The molecule has 174 valence electrons. The first kappa shape index (κ1) is 21.8. The number of hydrogen-bond donors (Lipinski definition) is 2. The maximum atomic E-state index is 12.6. The number of benzene rings is 1. The van der Waals surface area contributed by atoms with Crippen molar-refractivity contribution in [2.24, 2.45) is 0 Å². The van der Waals surface area contributed by atoms with Gasteiger partial charge in [0, 0.05) is 49.5 Å². The molecule has 9 nitrogen and oxygen atoms in total. The molecule has 2 fully saturated rings. The number of hydrogen-bond acceptors (Lipinski definition) is 8. The Morgan fingerprint density at radius 1 is 1.15 bits per heavy atom. The summed E-state index contributed by atoms with van der Waals surface area (Å²) in [5.41, 5.74) is 2.73. The van der Waals surface area contributed by atoms with Crippen LogP contribution in [0.2, 0.25) is 0 Å². The van der Waals surface area contributed by atoms with E-state index in [9.17, 15) is 9.59 Å². The maximum Gasteiger partial charge on any atom is 0.255 e. The molecule has 2 aliphatic rings. The third-order valence-electron chi connectivity index (χ3n) is 6.16. The quantitative estimate of drug-likeness (QED) is 0.573. The first-order chi connectivity index (χ1) is 16.1. The number of nitrogens with zero attached hydrogens (tertiary/aromatic N) is 4. The number of aryl methyl sites for hydroxylation is 1. The maximum absolute atomic E-state index is 12.6. The van der Waals surface area contributed by atoms with Gasteiger partial charge >= 0.3 is 0 Å². The van der Waals surface area contributed by atoms with Crippen molar-refractivity contribution in [3.8, 4) is 0 Å². The highest BCUT2D eigenvalue weighted by molar-refractivity contribution is 7.22. The number of carbonyl (C=O) groups excluding carboxylic acids is 1. The van der Waals surface area contributed by atoms with E-state index in [4.69, 9.17) is 9.72 Å². The molecule has 4 heterocycles. The molecule has 0 saturated carbocycles. The van der Waals surface area contributed by atoms with E-state index in [0.717, 1.165) is 34.1 Å². The van der Waals surface area contributed by atoms with Crippen molar-refractivity contribution in [1.29, 1.82) is 0 Å². The molecule has 0 bridgehead atoms. The van der Waals surface area contributed by atoms with Gasteiger partial charge in [-0.15, -0.1) is 0 Å². The first-order valence-corrected chi connectivity index (χ1v) is 12.3. The van der Waals surface area contributed by atoms with Gasteiger partial charge in [-0.25, -0.2) is 9.97 Å². The van der Waals surface area contributed by atoms with Crippen LogP contribution in [0.25, 0.3) is 10.2 Å². The number of H-pyrrole nitrogens is 1. The zero-order chi connectivity index (χ0) is 22.8. The van der Waals surface area contributed by atoms with Gasteiger partial charge in [0.1, 0.15) is 0 Å². The smallest absolute Gasteiger partial charge is 0.255 e. The number of nitrogens with one attached hydrogen (secondary N) is 2. The molecule has 1 aromatic carbocycles. The Labute approximate surface area is 195 Å². The molecule has 0 spiro atoms. The van der Waals surface area contributed by atoms with Crippen LogP contribution in [-0.4, -0.2) is 60.3 Å². The standard InChI is InChI=1S/C23H28N6O3S/c1-15-17(21(31)27-22(24-15)28-10-12-32-13-11-28)5-7-20(30)25-16-4-6-18-19(14-16)33-23(26-18)29-8-2-3-9-29/h4,6,14H,2-3,5,7-13H2,1H3,(H,25,30)(H,24,27,31). The molecule has 0 atom stereocenters. The first-order valence-electron chi connectivity index (χ1n) is 11.4. The van der Waals surface area contributed by atoms with Crippen molar-refractivity contribution < 1.29 is 9.53 Å². The number of anilines is 3. The number of rotatable bonds is 6. The predicted octanol–water partition coefficient (Wildman–Crippen LogP) is 2.70. The van der Waals surface area contributed by atoms with Crippen LogP contribution in [0.3, 0.4) is 0 Å². The van der Waals surface area contributed by atoms with E-state index < -0.39 is 0 Å². The number of carbonyl (C=O) groups is 1. The van der Waals surface area contributed by atoms with Crippen molar-refractivity contribution in [2.75, 3.05) is 54.5 Å². The zero-order valence-electron chi connectivity index (χ0n) is 18.7. The Morgan fingerprint density at radius 3 is 2.70 bits per heavy atom. The van der Waals surface area contributed by atoms with Gasteiger partial charge in [0.2, 0.25) is 11.9 Å². The third kappa shape index (κ3) is 4.86. The van der Waals surface area contributed by atoms with E-state index in [1.165, 1.54) is 12.8 Å². The molecule has 1 amide bonds. The Kier molecular flexibility index (Phi) is 6.28. The summed E-state index contributed by atoms with van der Waals surface area (Å²) in [7, 11) is 0. The molecule has 2 saturated heterocycles. The molecular formula is C23H28N6O3S. The molecule has 3 aromatic rings. The zero-order valence-corrected chi connectivity index (χ0v) is 19.5. The van der Waals surface area contributed by atoms with Crippen molar-refractivity contribution in [3.63, 3.8) is 0 Å². The van der Waals surface area contributed by atoms with Crippen LogP contribution in [-0.2, 0) is 16.0 Å². The number of fused-ring (bicyclic) bond motifs is 1. The van der Waals surface area contributed by atoms with Gasteiger partial charge in [0.15, 0.2) is 5.13 Å². The van der Waals surface area contributed by atoms with Gasteiger partial charge in [-0.2, -0.15) is 0 Å². The molecule has 0 radical (unpaired) electrons. The molecule has 2 aliphatic heterocycles. The van der Waals surface area contributed by atoms with Crippen LogP contribution in [0.1, 0.15) is 30.5 Å². The van der Waals surface area contributed by atoms with Gasteiger partial charge in [-0.1, -0.05) is 11.3 Å². The minimum absolute atomic E-state index is 0.130. The number of aromatic nitrogens is 3. The number of morpholine rings is 1. The van der Waals surface area contributed by atoms with E-state index in [0.29, 0.717) is 49.9 Å². The van der Waals surface area contributed by atoms with E-state index in [1.807, 2.05) is 30.0 Å². The lowest BCUT2D eigenvalue weighted by Gasteiger charge is -2.27. The Balaban J connectivity index is 1.22. The number of aromatic amines is 1. The summed E-state index contributed by atoms with van der Waals surface area (Å²) in [5.74, 6) is 0.440. The summed E-state index contributed by atoms with van der Waals surface area (Å²) in [5, 5.41) is 4.01. The van der Waals surface area contributed by atoms with E-state index >= 15 is 0 Å². The lowest BCUT2D eigenvalue weighted by Crippen LogP contribution is -2.38. The molecule has 2 N–H and O–H groups in total. The highest BCUT2D eigenvalue weighted by Crippen LogP contribution is 2.32.